The first kappa shape index (κ1) is 15.2. The molecule has 5 nitrogen and oxygen atoms in total. The summed E-state index contributed by atoms with van der Waals surface area (Å²) in [7, 11) is 0. The van der Waals surface area contributed by atoms with E-state index in [1.54, 1.807) is 6.07 Å². The van der Waals surface area contributed by atoms with Gasteiger partial charge in [-0.05, 0) is 36.4 Å². The van der Waals surface area contributed by atoms with Gasteiger partial charge in [-0.2, -0.15) is 0 Å². The van der Waals surface area contributed by atoms with Gasteiger partial charge in [0.05, 0.1) is 11.4 Å². The molecule has 1 aliphatic rings. The summed E-state index contributed by atoms with van der Waals surface area (Å²) in [6, 6.07) is 23.0. The topological polar surface area (TPSA) is 73.4 Å². The molecular formula is C20H17N3O2. The highest BCUT2D eigenvalue weighted by Gasteiger charge is 2.31. The zero-order chi connectivity index (χ0) is 17.2. The maximum absolute atomic E-state index is 12.0. The lowest BCUT2D eigenvalue weighted by atomic mass is 10.0. The van der Waals surface area contributed by atoms with Gasteiger partial charge in [-0.25, -0.2) is 0 Å². The van der Waals surface area contributed by atoms with Crippen molar-refractivity contribution in [2.45, 2.75) is 6.23 Å². The van der Waals surface area contributed by atoms with Crippen molar-refractivity contribution in [2.24, 2.45) is 0 Å². The Bertz CT molecular complexity index is 911. The van der Waals surface area contributed by atoms with E-state index in [0.29, 0.717) is 16.8 Å². The van der Waals surface area contributed by atoms with E-state index in [4.69, 9.17) is 0 Å². The first-order valence-corrected chi connectivity index (χ1v) is 8.02. The zero-order valence-corrected chi connectivity index (χ0v) is 13.4. The first-order chi connectivity index (χ1) is 12.2. The number of nitrogens with one attached hydrogen (secondary N) is 3. The molecule has 0 radical (unpaired) electrons. The van der Waals surface area contributed by atoms with Crippen LogP contribution in [-0.4, -0.2) is 11.0 Å². The zero-order valence-electron chi connectivity index (χ0n) is 13.4. The molecule has 1 amide bonds. The number of aliphatic hydroxyl groups is 1. The third-order valence-electron chi connectivity index (χ3n) is 4.13. The van der Waals surface area contributed by atoms with Crippen molar-refractivity contribution in [1.82, 2.24) is 5.32 Å². The van der Waals surface area contributed by atoms with Crippen LogP contribution in [0.25, 0.3) is 0 Å². The van der Waals surface area contributed by atoms with E-state index in [-0.39, 0.29) is 5.91 Å². The number of fused-ring (bicyclic) bond motifs is 1. The van der Waals surface area contributed by atoms with Gasteiger partial charge in [-0.1, -0.05) is 36.4 Å². The quantitative estimate of drug-likeness (QED) is 0.585. The Kier molecular flexibility index (Phi) is 3.84. The third-order valence-corrected chi connectivity index (χ3v) is 4.13. The van der Waals surface area contributed by atoms with Crippen molar-refractivity contribution in [3.8, 4) is 0 Å². The second kappa shape index (κ2) is 6.30. The van der Waals surface area contributed by atoms with Gasteiger partial charge in [-0.15, -0.1) is 0 Å². The summed E-state index contributed by atoms with van der Waals surface area (Å²) in [6.07, 6.45) is -1.04. The second-order valence-electron chi connectivity index (χ2n) is 5.81. The molecule has 0 spiro atoms. The fourth-order valence-corrected chi connectivity index (χ4v) is 2.96. The number of hydrogen-bond acceptors (Lipinski definition) is 4. The number of para-hydroxylation sites is 2. The molecule has 3 aromatic carbocycles. The van der Waals surface area contributed by atoms with Crippen LogP contribution in [0.1, 0.15) is 22.1 Å². The first-order valence-electron chi connectivity index (χ1n) is 8.02. The lowest BCUT2D eigenvalue weighted by Gasteiger charge is -2.18. The highest BCUT2D eigenvalue weighted by atomic mass is 16.3. The third kappa shape index (κ3) is 2.93. The Morgan fingerprint density at radius 1 is 0.800 bits per heavy atom. The summed E-state index contributed by atoms with van der Waals surface area (Å²) in [5.41, 5.74) is 4.28. The SMILES string of the molecule is O=C1NC(O)c2c1ccc(Nc1ccccc1)c2Nc1ccccc1. The van der Waals surface area contributed by atoms with Gasteiger partial charge < -0.3 is 21.1 Å². The fraction of sp³-hybridized carbons (Fsp3) is 0.0500. The van der Waals surface area contributed by atoms with Crippen LogP contribution in [0.4, 0.5) is 22.7 Å². The predicted octanol–water partition coefficient (Wildman–Crippen LogP) is 3.91. The summed E-state index contributed by atoms with van der Waals surface area (Å²) >= 11 is 0. The van der Waals surface area contributed by atoms with E-state index in [1.165, 1.54) is 0 Å². The van der Waals surface area contributed by atoms with Crippen molar-refractivity contribution in [1.29, 1.82) is 0 Å². The highest BCUT2D eigenvalue weighted by Crippen LogP contribution is 2.39. The summed E-state index contributed by atoms with van der Waals surface area (Å²) in [5.74, 6) is -0.273. The van der Waals surface area contributed by atoms with Gasteiger partial charge in [0, 0.05) is 22.5 Å². The van der Waals surface area contributed by atoms with Crippen LogP contribution in [0.5, 0.6) is 0 Å². The number of carbonyl (C=O) groups excluding carboxylic acids is 1. The van der Waals surface area contributed by atoms with Gasteiger partial charge in [0.2, 0.25) is 0 Å². The molecule has 0 aliphatic carbocycles. The number of rotatable bonds is 4. The highest BCUT2D eigenvalue weighted by molar-refractivity contribution is 6.03. The van der Waals surface area contributed by atoms with Crippen LogP contribution in [0, 0.1) is 0 Å². The van der Waals surface area contributed by atoms with E-state index < -0.39 is 6.23 Å². The van der Waals surface area contributed by atoms with E-state index in [2.05, 4.69) is 16.0 Å². The predicted molar refractivity (Wildman–Crippen MR) is 98.3 cm³/mol. The maximum Gasteiger partial charge on any atom is 0.254 e. The molecule has 1 aliphatic heterocycles. The summed E-state index contributed by atoms with van der Waals surface area (Å²) in [4.78, 5) is 12.0. The Balaban J connectivity index is 1.81. The monoisotopic (exact) mass is 331 g/mol. The Morgan fingerprint density at radius 3 is 2.04 bits per heavy atom. The molecule has 0 aromatic heterocycles. The van der Waals surface area contributed by atoms with Crippen LogP contribution < -0.4 is 16.0 Å². The minimum Gasteiger partial charge on any atom is -0.369 e. The molecule has 0 bridgehead atoms. The van der Waals surface area contributed by atoms with Crippen LogP contribution in [0.15, 0.2) is 72.8 Å². The number of aliphatic hydroxyl groups excluding tert-OH is 1. The lowest BCUT2D eigenvalue weighted by molar-refractivity contribution is 0.0851. The Hall–Kier alpha value is -3.31. The van der Waals surface area contributed by atoms with Gasteiger partial charge in [-0.3, -0.25) is 4.79 Å². The standard InChI is InChI=1S/C20H17N3O2/c24-19-15-11-12-16(21-13-7-3-1-4-8-13)18(17(15)20(25)23-19)22-14-9-5-2-6-10-14/h1-12,20-22,25H,(H,23,24). The van der Waals surface area contributed by atoms with Gasteiger partial charge in [0.1, 0.15) is 0 Å². The molecule has 1 atom stereocenters. The molecule has 0 saturated heterocycles. The summed E-state index contributed by atoms with van der Waals surface area (Å²) in [5, 5.41) is 19.5. The molecule has 3 aromatic rings. The maximum atomic E-state index is 12.0. The molecular weight excluding hydrogens is 314 g/mol. The fourth-order valence-electron chi connectivity index (χ4n) is 2.96. The van der Waals surface area contributed by atoms with Crippen molar-refractivity contribution < 1.29 is 9.90 Å². The van der Waals surface area contributed by atoms with Crippen LogP contribution in [0.3, 0.4) is 0 Å². The van der Waals surface area contributed by atoms with Crippen molar-refractivity contribution >= 4 is 28.7 Å². The average Bonchev–Trinajstić information content (AvgIpc) is 2.93. The molecule has 4 N–H and O–H groups in total. The number of amides is 1. The molecule has 1 unspecified atom stereocenters. The number of carbonyl (C=O) groups is 1. The van der Waals surface area contributed by atoms with Crippen LogP contribution in [0.2, 0.25) is 0 Å². The molecule has 1 heterocycles. The smallest absolute Gasteiger partial charge is 0.254 e. The molecule has 4 rings (SSSR count). The lowest BCUT2D eigenvalue weighted by Crippen LogP contribution is -2.18. The van der Waals surface area contributed by atoms with Gasteiger partial charge in [0.25, 0.3) is 5.91 Å². The Morgan fingerprint density at radius 2 is 1.40 bits per heavy atom. The van der Waals surface area contributed by atoms with E-state index in [9.17, 15) is 9.90 Å². The molecule has 0 saturated carbocycles. The van der Waals surface area contributed by atoms with Crippen LogP contribution in [-0.2, 0) is 0 Å². The van der Waals surface area contributed by atoms with Gasteiger partial charge >= 0.3 is 0 Å². The average molecular weight is 331 g/mol. The minimum absolute atomic E-state index is 0.273. The molecule has 0 fully saturated rings. The molecule has 5 heteroatoms. The van der Waals surface area contributed by atoms with Crippen molar-refractivity contribution in [3.05, 3.63) is 83.9 Å². The van der Waals surface area contributed by atoms with Crippen molar-refractivity contribution in [3.63, 3.8) is 0 Å². The number of hydrogen-bond donors (Lipinski definition) is 4. The summed E-state index contributed by atoms with van der Waals surface area (Å²) in [6.45, 7) is 0. The normalized spacial score (nSPS) is 15.4. The number of anilines is 4. The summed E-state index contributed by atoms with van der Waals surface area (Å²) < 4.78 is 0. The van der Waals surface area contributed by atoms with Gasteiger partial charge in [0.15, 0.2) is 6.23 Å². The van der Waals surface area contributed by atoms with E-state index in [1.807, 2.05) is 66.7 Å². The molecule has 124 valence electrons. The minimum atomic E-state index is -1.04. The largest absolute Gasteiger partial charge is 0.369 e. The van der Waals surface area contributed by atoms with Crippen LogP contribution >= 0.6 is 0 Å². The Labute approximate surface area is 145 Å². The van der Waals surface area contributed by atoms with Crippen molar-refractivity contribution in [2.75, 3.05) is 10.6 Å². The second-order valence-corrected chi connectivity index (χ2v) is 5.81. The van der Waals surface area contributed by atoms with E-state index in [0.717, 1.165) is 17.1 Å². The number of benzene rings is 3. The van der Waals surface area contributed by atoms with E-state index >= 15 is 0 Å². The molecule has 25 heavy (non-hydrogen) atoms.